The van der Waals surface area contributed by atoms with E-state index in [1.807, 2.05) is 0 Å². The van der Waals surface area contributed by atoms with Gasteiger partial charge in [0, 0.05) is 19.0 Å². The lowest BCUT2D eigenvalue weighted by molar-refractivity contribution is 0.0602. The molecule has 1 saturated heterocycles. The van der Waals surface area contributed by atoms with Crippen molar-refractivity contribution in [2.75, 3.05) is 19.7 Å². The predicted octanol–water partition coefficient (Wildman–Crippen LogP) is 3.35. The molecule has 116 valence electrons. The van der Waals surface area contributed by atoms with Crippen molar-refractivity contribution in [2.24, 2.45) is 5.92 Å². The van der Waals surface area contributed by atoms with Crippen LogP contribution in [0.3, 0.4) is 0 Å². The lowest BCUT2D eigenvalue weighted by atomic mass is 9.99. The maximum Gasteiger partial charge on any atom is 0.289 e. The molecule has 0 radical (unpaired) electrons. The van der Waals surface area contributed by atoms with E-state index < -0.39 is 0 Å². The molecule has 1 fully saturated rings. The Labute approximate surface area is 128 Å². The van der Waals surface area contributed by atoms with Crippen molar-refractivity contribution >= 4 is 5.91 Å². The highest BCUT2D eigenvalue weighted by Crippen LogP contribution is 2.20. The number of piperidine rings is 1. The molecular formula is C17H18FNO3. The minimum absolute atomic E-state index is 0.0727. The number of benzene rings is 1. The Bertz CT molecular complexity index is 609. The first-order valence-corrected chi connectivity index (χ1v) is 7.43. The van der Waals surface area contributed by atoms with Crippen molar-refractivity contribution in [1.29, 1.82) is 0 Å². The summed E-state index contributed by atoms with van der Waals surface area (Å²) in [5, 5.41) is 0. The number of rotatable bonds is 4. The van der Waals surface area contributed by atoms with E-state index in [1.165, 1.54) is 18.4 Å². The van der Waals surface area contributed by atoms with Crippen LogP contribution in [0.15, 0.2) is 47.1 Å². The topological polar surface area (TPSA) is 42.7 Å². The highest BCUT2D eigenvalue weighted by molar-refractivity contribution is 5.91. The van der Waals surface area contributed by atoms with Gasteiger partial charge >= 0.3 is 0 Å². The van der Waals surface area contributed by atoms with Crippen LogP contribution in [0.25, 0.3) is 0 Å². The predicted molar refractivity (Wildman–Crippen MR) is 79.2 cm³/mol. The molecule has 1 aliphatic rings. The van der Waals surface area contributed by atoms with Gasteiger partial charge in [-0.25, -0.2) is 4.39 Å². The van der Waals surface area contributed by atoms with E-state index in [1.54, 1.807) is 29.2 Å². The highest BCUT2D eigenvalue weighted by atomic mass is 19.1. The summed E-state index contributed by atoms with van der Waals surface area (Å²) in [5.41, 5.74) is 0. The van der Waals surface area contributed by atoms with Crippen LogP contribution in [-0.2, 0) is 0 Å². The van der Waals surface area contributed by atoms with Crippen molar-refractivity contribution in [2.45, 2.75) is 12.8 Å². The Hall–Kier alpha value is -2.30. The number of amides is 1. The monoisotopic (exact) mass is 303 g/mol. The summed E-state index contributed by atoms with van der Waals surface area (Å²) in [6.45, 7) is 1.92. The Kier molecular flexibility index (Phi) is 4.42. The van der Waals surface area contributed by atoms with Crippen LogP contribution >= 0.6 is 0 Å². The second-order valence-electron chi connectivity index (χ2n) is 5.50. The molecule has 1 aromatic heterocycles. The van der Waals surface area contributed by atoms with E-state index >= 15 is 0 Å². The number of carbonyl (C=O) groups is 1. The Balaban J connectivity index is 1.54. The zero-order chi connectivity index (χ0) is 15.4. The van der Waals surface area contributed by atoms with Gasteiger partial charge in [-0.1, -0.05) is 0 Å². The van der Waals surface area contributed by atoms with E-state index in [2.05, 4.69) is 0 Å². The lowest BCUT2D eigenvalue weighted by Crippen LogP contribution is -2.41. The molecule has 0 spiro atoms. The number of nitrogens with zero attached hydrogens (tertiary/aromatic N) is 1. The molecule has 4 nitrogen and oxygen atoms in total. The van der Waals surface area contributed by atoms with Crippen molar-refractivity contribution in [1.82, 2.24) is 4.90 Å². The maximum atomic E-state index is 12.8. The van der Waals surface area contributed by atoms with Gasteiger partial charge in [0.1, 0.15) is 11.6 Å². The van der Waals surface area contributed by atoms with Gasteiger partial charge in [0.15, 0.2) is 5.76 Å². The van der Waals surface area contributed by atoms with Crippen LogP contribution in [0.5, 0.6) is 5.75 Å². The van der Waals surface area contributed by atoms with Gasteiger partial charge in [-0.15, -0.1) is 0 Å². The van der Waals surface area contributed by atoms with Gasteiger partial charge in [-0.05, 0) is 49.2 Å². The van der Waals surface area contributed by atoms with Crippen LogP contribution in [0, 0.1) is 11.7 Å². The largest absolute Gasteiger partial charge is 0.493 e. The average molecular weight is 303 g/mol. The number of carbonyl (C=O) groups excluding carboxylic acids is 1. The van der Waals surface area contributed by atoms with Gasteiger partial charge in [0.2, 0.25) is 0 Å². The molecular weight excluding hydrogens is 285 g/mol. The fraction of sp³-hybridized carbons (Fsp3) is 0.353. The summed E-state index contributed by atoms with van der Waals surface area (Å²) in [5.74, 6) is 0.949. The molecule has 1 aliphatic heterocycles. The fourth-order valence-corrected chi connectivity index (χ4v) is 2.69. The highest BCUT2D eigenvalue weighted by Gasteiger charge is 2.26. The molecule has 0 aliphatic carbocycles. The van der Waals surface area contributed by atoms with Crippen molar-refractivity contribution in [3.8, 4) is 5.75 Å². The molecule has 5 heteroatoms. The molecule has 1 amide bonds. The Morgan fingerprint density at radius 1 is 1.32 bits per heavy atom. The van der Waals surface area contributed by atoms with E-state index in [-0.39, 0.29) is 17.6 Å². The van der Waals surface area contributed by atoms with Gasteiger partial charge in [-0.2, -0.15) is 0 Å². The summed E-state index contributed by atoms with van der Waals surface area (Å²) < 4.78 is 23.7. The quantitative estimate of drug-likeness (QED) is 0.870. The Morgan fingerprint density at radius 2 is 2.14 bits per heavy atom. The molecule has 1 aromatic carbocycles. The van der Waals surface area contributed by atoms with E-state index in [0.29, 0.717) is 24.7 Å². The average Bonchev–Trinajstić information content (AvgIpc) is 3.08. The first-order chi connectivity index (χ1) is 10.7. The lowest BCUT2D eigenvalue weighted by Gasteiger charge is -2.32. The summed E-state index contributed by atoms with van der Waals surface area (Å²) >= 11 is 0. The number of hydrogen-bond acceptors (Lipinski definition) is 3. The van der Waals surface area contributed by atoms with Gasteiger partial charge in [0.05, 0.1) is 12.9 Å². The summed E-state index contributed by atoms with van der Waals surface area (Å²) in [7, 11) is 0. The third-order valence-corrected chi connectivity index (χ3v) is 3.84. The van der Waals surface area contributed by atoms with Gasteiger partial charge in [-0.3, -0.25) is 4.79 Å². The number of likely N-dealkylation sites (tertiary alicyclic amines) is 1. The zero-order valence-corrected chi connectivity index (χ0v) is 12.2. The van der Waals surface area contributed by atoms with Crippen molar-refractivity contribution < 1.29 is 18.3 Å². The number of ether oxygens (including phenoxy) is 1. The Morgan fingerprint density at radius 3 is 2.86 bits per heavy atom. The normalized spacial score (nSPS) is 18.2. The molecule has 22 heavy (non-hydrogen) atoms. The molecule has 0 saturated carbocycles. The van der Waals surface area contributed by atoms with Crippen molar-refractivity contribution in [3.63, 3.8) is 0 Å². The SMILES string of the molecule is O=C(c1ccco1)N1CCCC(COc2ccc(F)cc2)C1. The molecule has 2 heterocycles. The number of halogens is 1. The number of furan rings is 1. The third-order valence-electron chi connectivity index (χ3n) is 3.84. The molecule has 2 aromatic rings. The molecule has 0 N–H and O–H groups in total. The van der Waals surface area contributed by atoms with Crippen LogP contribution in [-0.4, -0.2) is 30.5 Å². The minimum atomic E-state index is -0.278. The van der Waals surface area contributed by atoms with E-state index in [4.69, 9.17) is 9.15 Å². The van der Waals surface area contributed by atoms with Crippen LogP contribution < -0.4 is 4.74 Å². The smallest absolute Gasteiger partial charge is 0.289 e. The second-order valence-corrected chi connectivity index (χ2v) is 5.50. The van der Waals surface area contributed by atoms with Gasteiger partial charge < -0.3 is 14.1 Å². The number of hydrogen-bond donors (Lipinski definition) is 0. The molecule has 0 bridgehead atoms. The molecule has 1 unspecified atom stereocenters. The first-order valence-electron chi connectivity index (χ1n) is 7.43. The summed E-state index contributed by atoms with van der Waals surface area (Å²) in [4.78, 5) is 14.1. The minimum Gasteiger partial charge on any atom is -0.493 e. The van der Waals surface area contributed by atoms with Crippen LogP contribution in [0.1, 0.15) is 23.4 Å². The second kappa shape index (κ2) is 6.64. The van der Waals surface area contributed by atoms with E-state index in [0.717, 1.165) is 19.4 Å². The van der Waals surface area contributed by atoms with Crippen LogP contribution in [0.4, 0.5) is 4.39 Å². The van der Waals surface area contributed by atoms with Crippen LogP contribution in [0.2, 0.25) is 0 Å². The summed E-state index contributed by atoms with van der Waals surface area (Å²) in [6.07, 6.45) is 3.47. The standard InChI is InChI=1S/C17H18FNO3/c18-14-5-7-15(8-6-14)22-12-13-3-1-9-19(11-13)17(20)16-4-2-10-21-16/h2,4-8,10,13H,1,3,9,11-12H2. The molecule has 1 atom stereocenters. The first kappa shape index (κ1) is 14.6. The maximum absolute atomic E-state index is 12.8. The summed E-state index contributed by atoms with van der Waals surface area (Å²) in [6, 6.07) is 9.38. The fourth-order valence-electron chi connectivity index (χ4n) is 2.69. The molecule has 3 rings (SSSR count). The van der Waals surface area contributed by atoms with Crippen molar-refractivity contribution in [3.05, 3.63) is 54.2 Å². The van der Waals surface area contributed by atoms with E-state index in [9.17, 15) is 9.18 Å². The zero-order valence-electron chi connectivity index (χ0n) is 12.2. The van der Waals surface area contributed by atoms with Gasteiger partial charge in [0.25, 0.3) is 5.91 Å². The third kappa shape index (κ3) is 3.47.